The predicted octanol–water partition coefficient (Wildman–Crippen LogP) is 9.78. The number of benzene rings is 4. The molecule has 0 heterocycles. The minimum atomic E-state index is -7.22. The Morgan fingerprint density at radius 1 is 0.359 bits per heavy atom. The molecule has 0 aliphatic heterocycles. The first-order valence-electron chi connectivity index (χ1n) is 19.8. The normalized spacial score (nSPS) is 13.7. The van der Waals surface area contributed by atoms with Crippen LogP contribution in [0, 0.1) is 134 Å². The maximum absolute atomic E-state index is 15.4. The van der Waals surface area contributed by atoms with Gasteiger partial charge in [-0.15, -0.1) is 21.9 Å². The summed E-state index contributed by atoms with van der Waals surface area (Å²) in [5.41, 5.74) is -14.3. The van der Waals surface area contributed by atoms with Crippen LogP contribution in [-0.4, -0.2) is 25.8 Å². The summed E-state index contributed by atoms with van der Waals surface area (Å²) in [5, 5.41) is 0. The van der Waals surface area contributed by atoms with Gasteiger partial charge in [-0.2, -0.15) is 0 Å². The number of rotatable bonds is 13. The Morgan fingerprint density at radius 3 is 0.828 bits per heavy atom. The molecule has 0 unspecified atom stereocenters. The summed E-state index contributed by atoms with van der Waals surface area (Å²) < 4.78 is 294. The topological polar surface area (TPSA) is 4.44 Å². The maximum Gasteiger partial charge on any atom is 0.200 e. The second-order valence-electron chi connectivity index (χ2n) is 16.5. The molecule has 1 fully saturated rings. The highest BCUT2D eigenvalue weighted by Crippen LogP contribution is 2.31. The lowest BCUT2D eigenvalue weighted by Gasteiger charge is -2.44. The van der Waals surface area contributed by atoms with Crippen LogP contribution in [0.2, 0.25) is 0 Å². The van der Waals surface area contributed by atoms with E-state index in [4.69, 9.17) is 0 Å². The molecule has 354 valence electrons. The SMILES string of the molecule is CC(C)C[NH+](CCCCC1CCCCC1)CC(C)C.Fc1c(F)c(F)c([B-](c2c(F)c(F)c(F)c(F)c2F)(c2c(F)c(F)c(F)c(F)c2F)c2c(F)c(F)c(F)c(F)c2F)c(F)c1F. The van der Waals surface area contributed by atoms with E-state index in [1.54, 1.807) is 0 Å². The Balaban J connectivity index is 0.000000395. The van der Waals surface area contributed by atoms with E-state index < -0.39 is 144 Å². The molecule has 22 heteroatoms. The zero-order chi connectivity index (χ0) is 48.4. The molecule has 1 aliphatic rings. The van der Waals surface area contributed by atoms with E-state index in [2.05, 4.69) is 27.7 Å². The Kier molecular flexibility index (Phi) is 16.9. The molecule has 1 N–H and O–H groups in total. The van der Waals surface area contributed by atoms with Crippen LogP contribution in [0.1, 0.15) is 79.1 Å². The highest BCUT2D eigenvalue weighted by atomic mass is 19.2. The number of hydrogen-bond acceptors (Lipinski definition) is 0. The zero-order valence-electron chi connectivity index (χ0n) is 34.1. The number of hydrogen-bond donors (Lipinski definition) is 1. The second kappa shape index (κ2) is 20.8. The van der Waals surface area contributed by atoms with Crippen molar-refractivity contribution < 1.29 is 92.7 Å². The van der Waals surface area contributed by atoms with Crippen molar-refractivity contribution in [3.63, 3.8) is 0 Å². The highest BCUT2D eigenvalue weighted by Gasteiger charge is 2.52. The molecule has 0 radical (unpaired) electrons. The molecule has 0 saturated heterocycles. The van der Waals surface area contributed by atoms with Crippen LogP contribution < -0.4 is 26.8 Å². The molecule has 0 amide bonds. The van der Waals surface area contributed by atoms with Gasteiger partial charge in [0.05, 0.1) is 19.6 Å². The first-order valence-corrected chi connectivity index (χ1v) is 19.8. The first-order chi connectivity index (χ1) is 29.8. The average Bonchev–Trinajstić information content (AvgIpc) is 3.25. The molecule has 1 saturated carbocycles. The zero-order valence-corrected chi connectivity index (χ0v) is 34.1. The van der Waals surface area contributed by atoms with Gasteiger partial charge in [-0.25, -0.2) is 87.8 Å². The van der Waals surface area contributed by atoms with Gasteiger partial charge in [-0.1, -0.05) is 66.2 Å². The molecule has 4 aromatic carbocycles. The van der Waals surface area contributed by atoms with Crippen molar-refractivity contribution in [2.75, 3.05) is 19.6 Å². The van der Waals surface area contributed by atoms with E-state index >= 15 is 35.1 Å². The lowest BCUT2D eigenvalue weighted by molar-refractivity contribution is -0.906. The van der Waals surface area contributed by atoms with E-state index in [9.17, 15) is 52.7 Å². The summed E-state index contributed by atoms with van der Waals surface area (Å²) in [6, 6.07) is 0. The Labute approximate surface area is 353 Å². The minimum absolute atomic E-state index is 0.840. The van der Waals surface area contributed by atoms with Gasteiger partial charge in [-0.3, -0.25) is 0 Å². The summed E-state index contributed by atoms with van der Waals surface area (Å²) in [6.07, 6.45) is 4.77. The minimum Gasteiger partial charge on any atom is -0.335 e. The summed E-state index contributed by atoms with van der Waals surface area (Å²) in [4.78, 5) is 1.84. The van der Waals surface area contributed by atoms with Crippen LogP contribution in [0.5, 0.6) is 0 Å². The van der Waals surface area contributed by atoms with Crippen molar-refractivity contribution in [1.29, 1.82) is 0 Å². The van der Waals surface area contributed by atoms with Crippen LogP contribution in [0.4, 0.5) is 87.8 Å². The monoisotopic (exact) mass is 947 g/mol. The summed E-state index contributed by atoms with van der Waals surface area (Å²) in [5.74, 6) is -68.6. The van der Waals surface area contributed by atoms with E-state index in [0.717, 1.165) is 17.8 Å². The molecule has 0 atom stereocenters. The predicted molar refractivity (Wildman–Crippen MR) is 195 cm³/mol. The third-order valence-corrected chi connectivity index (χ3v) is 11.2. The van der Waals surface area contributed by atoms with Crippen LogP contribution >= 0.6 is 0 Å². The van der Waals surface area contributed by atoms with E-state index in [0.29, 0.717) is 0 Å². The Morgan fingerprint density at radius 2 is 0.594 bits per heavy atom. The van der Waals surface area contributed by atoms with Gasteiger partial charge >= 0.3 is 0 Å². The molecular formula is C42H38BF20N. The quantitative estimate of drug-likeness (QED) is 0.0448. The van der Waals surface area contributed by atoms with Crippen LogP contribution in [0.25, 0.3) is 0 Å². The lowest BCUT2D eigenvalue weighted by atomic mass is 9.12. The highest BCUT2D eigenvalue weighted by molar-refractivity contribution is 7.20. The largest absolute Gasteiger partial charge is 0.335 e. The van der Waals surface area contributed by atoms with Crippen molar-refractivity contribution in [3.8, 4) is 0 Å². The van der Waals surface area contributed by atoms with Gasteiger partial charge in [-0.05, 0) is 18.8 Å². The van der Waals surface area contributed by atoms with Gasteiger partial charge < -0.3 is 4.90 Å². The van der Waals surface area contributed by atoms with Gasteiger partial charge in [0.1, 0.15) is 52.7 Å². The molecular weight excluding hydrogens is 909 g/mol. The van der Waals surface area contributed by atoms with E-state index in [-0.39, 0.29) is 0 Å². The van der Waals surface area contributed by atoms with Crippen molar-refractivity contribution in [3.05, 3.63) is 116 Å². The first kappa shape index (κ1) is 52.1. The van der Waals surface area contributed by atoms with Gasteiger partial charge in [0.25, 0.3) is 0 Å². The van der Waals surface area contributed by atoms with E-state index in [1.165, 1.54) is 71.0 Å². The molecule has 64 heavy (non-hydrogen) atoms. The third-order valence-electron chi connectivity index (χ3n) is 11.2. The smallest absolute Gasteiger partial charge is 0.200 e. The van der Waals surface area contributed by atoms with Crippen LogP contribution in [0.15, 0.2) is 0 Å². The summed E-state index contributed by atoms with van der Waals surface area (Å²) in [7, 11) is 0. The van der Waals surface area contributed by atoms with Crippen molar-refractivity contribution in [1.82, 2.24) is 0 Å². The number of quaternary nitrogens is 1. The molecule has 0 bridgehead atoms. The third kappa shape index (κ3) is 9.57. The number of unbranched alkanes of at least 4 members (excludes halogenated alkanes) is 1. The van der Waals surface area contributed by atoms with Crippen molar-refractivity contribution in [2.45, 2.75) is 79.1 Å². The van der Waals surface area contributed by atoms with Gasteiger partial charge in [0.15, 0.2) is 69.8 Å². The second-order valence-corrected chi connectivity index (χ2v) is 16.5. The molecule has 0 spiro atoms. The van der Waals surface area contributed by atoms with Crippen molar-refractivity contribution >= 4 is 28.0 Å². The average molecular weight is 948 g/mol. The standard InChI is InChI=1S/C24BF20.C18H37N/c26-5-1(6(27)14(35)21(42)13(5)34)25(2-7(28)15(36)22(43)16(37)8(2)29,3-9(30)17(38)23(44)18(39)10(3)31)4-11(32)19(40)24(45)20(41)12(4)33;1-16(2)14-19(15-17(3)4)13-9-8-12-18-10-6-5-7-11-18/h;16-18H,5-15H2,1-4H3/q-1;/p+1. The Hall–Kier alpha value is -4.50. The van der Waals surface area contributed by atoms with Crippen molar-refractivity contribution in [2.24, 2.45) is 17.8 Å². The fourth-order valence-corrected chi connectivity index (χ4v) is 8.60. The van der Waals surface area contributed by atoms with Crippen LogP contribution in [0.3, 0.4) is 0 Å². The molecule has 1 aliphatic carbocycles. The fraction of sp³-hybridized carbons (Fsp3) is 0.429. The van der Waals surface area contributed by atoms with Gasteiger partial charge in [0.2, 0.25) is 0 Å². The summed E-state index contributed by atoms with van der Waals surface area (Å²) in [6.45, 7) is 13.6. The molecule has 1 nitrogen and oxygen atoms in total. The maximum atomic E-state index is 15.4. The fourth-order valence-electron chi connectivity index (χ4n) is 8.60. The van der Waals surface area contributed by atoms with Gasteiger partial charge in [0, 0.05) is 11.8 Å². The molecule has 0 aromatic heterocycles. The molecule has 4 aromatic rings. The number of nitrogens with one attached hydrogen (secondary N) is 1. The lowest BCUT2D eigenvalue weighted by Crippen LogP contribution is -3.13. The van der Waals surface area contributed by atoms with E-state index in [1.807, 2.05) is 4.90 Å². The number of halogens is 20. The Bertz CT molecular complexity index is 1970. The summed E-state index contributed by atoms with van der Waals surface area (Å²) >= 11 is 0. The van der Waals surface area contributed by atoms with Crippen LogP contribution in [-0.2, 0) is 0 Å². The molecule has 5 rings (SSSR count).